The minimum Gasteiger partial charge on any atom is -0.394 e. The molecule has 7 nitrogen and oxygen atoms in total. The monoisotopic (exact) mass is 343 g/mol. The number of aliphatic hydroxyl groups excluding tert-OH is 1. The van der Waals surface area contributed by atoms with Gasteiger partial charge in [0, 0.05) is 16.6 Å². The van der Waals surface area contributed by atoms with Gasteiger partial charge in [0.2, 0.25) is 0 Å². The van der Waals surface area contributed by atoms with E-state index in [-0.39, 0.29) is 12.3 Å². The second-order valence-electron chi connectivity index (χ2n) is 4.57. The molecular weight excluding hydrogens is 329 g/mol. The van der Waals surface area contributed by atoms with Crippen LogP contribution in [0.15, 0.2) is 24.4 Å². The maximum atomic E-state index is 12.1. The van der Waals surface area contributed by atoms with Gasteiger partial charge in [-0.05, 0) is 23.8 Å². The first-order valence-corrected chi connectivity index (χ1v) is 7.27. The van der Waals surface area contributed by atoms with Crippen molar-refractivity contribution in [2.75, 3.05) is 13.2 Å². The van der Waals surface area contributed by atoms with Crippen molar-refractivity contribution < 1.29 is 9.90 Å². The molecular formula is C13H15Cl2N5O2. The molecule has 0 aliphatic heterocycles. The van der Waals surface area contributed by atoms with E-state index in [4.69, 9.17) is 28.9 Å². The fourth-order valence-electron chi connectivity index (χ4n) is 1.89. The molecule has 118 valence electrons. The van der Waals surface area contributed by atoms with Crippen LogP contribution in [-0.4, -0.2) is 39.2 Å². The number of hydrogen-bond acceptors (Lipinski definition) is 5. The van der Waals surface area contributed by atoms with Gasteiger partial charge in [-0.2, -0.15) is 0 Å². The van der Waals surface area contributed by atoms with Gasteiger partial charge in [0.1, 0.15) is 0 Å². The average Bonchev–Trinajstić information content (AvgIpc) is 2.92. The zero-order valence-electron chi connectivity index (χ0n) is 11.5. The number of carbonyl (C=O) groups excluding carboxylic acids is 1. The van der Waals surface area contributed by atoms with E-state index >= 15 is 0 Å². The first kappa shape index (κ1) is 16.7. The molecule has 0 unspecified atom stereocenters. The van der Waals surface area contributed by atoms with Crippen LogP contribution in [0, 0.1) is 0 Å². The zero-order chi connectivity index (χ0) is 16.1. The highest BCUT2D eigenvalue weighted by Crippen LogP contribution is 2.23. The van der Waals surface area contributed by atoms with Crippen molar-refractivity contribution in [3.05, 3.63) is 45.7 Å². The Morgan fingerprint density at radius 3 is 2.64 bits per heavy atom. The third kappa shape index (κ3) is 4.17. The lowest BCUT2D eigenvalue weighted by Crippen LogP contribution is -2.31. The van der Waals surface area contributed by atoms with E-state index in [1.54, 1.807) is 18.2 Å². The van der Waals surface area contributed by atoms with Gasteiger partial charge < -0.3 is 16.2 Å². The number of nitrogens with two attached hydrogens (primary N) is 1. The molecule has 1 aromatic heterocycles. The van der Waals surface area contributed by atoms with Gasteiger partial charge in [0.25, 0.3) is 5.91 Å². The predicted octanol–water partition coefficient (Wildman–Crippen LogP) is 1.01. The number of carbonyl (C=O) groups is 1. The number of aliphatic hydroxyl groups is 1. The summed E-state index contributed by atoms with van der Waals surface area (Å²) in [5.74, 6) is -0.460. The molecule has 1 atom stereocenters. The molecule has 1 amide bonds. The minimum absolute atomic E-state index is 0.139. The molecule has 2 aromatic rings. The highest BCUT2D eigenvalue weighted by molar-refractivity contribution is 6.34. The lowest BCUT2D eigenvalue weighted by Gasteiger charge is -2.16. The summed E-state index contributed by atoms with van der Waals surface area (Å²) in [6, 6.07) is 4.17. The van der Waals surface area contributed by atoms with Crippen LogP contribution in [0.4, 0.5) is 0 Å². The van der Waals surface area contributed by atoms with Crippen LogP contribution in [0.3, 0.4) is 0 Å². The summed E-state index contributed by atoms with van der Waals surface area (Å²) >= 11 is 11.9. The molecule has 0 fully saturated rings. The van der Waals surface area contributed by atoms with E-state index in [9.17, 15) is 9.90 Å². The largest absolute Gasteiger partial charge is 0.394 e. The Hall–Kier alpha value is -1.67. The number of nitrogens with zero attached hydrogens (tertiary/aromatic N) is 3. The molecule has 0 aliphatic carbocycles. The lowest BCUT2D eigenvalue weighted by atomic mass is 10.1. The molecule has 22 heavy (non-hydrogen) atoms. The van der Waals surface area contributed by atoms with Gasteiger partial charge in [0.05, 0.1) is 25.4 Å². The molecule has 4 N–H and O–H groups in total. The molecule has 2 rings (SSSR count). The Morgan fingerprint density at radius 2 is 2.05 bits per heavy atom. The molecule has 0 spiro atoms. The number of halogens is 2. The minimum atomic E-state index is -0.650. The zero-order valence-corrected chi connectivity index (χ0v) is 13.1. The molecule has 0 saturated heterocycles. The summed E-state index contributed by atoms with van der Waals surface area (Å²) in [7, 11) is 0. The van der Waals surface area contributed by atoms with Crippen molar-refractivity contribution in [2.45, 2.75) is 12.6 Å². The van der Waals surface area contributed by atoms with Crippen molar-refractivity contribution in [1.82, 2.24) is 20.3 Å². The summed E-state index contributed by atoms with van der Waals surface area (Å²) in [5, 5.41) is 20.5. The average molecular weight is 344 g/mol. The molecule has 0 bridgehead atoms. The van der Waals surface area contributed by atoms with Gasteiger partial charge in [-0.1, -0.05) is 28.4 Å². The first-order chi connectivity index (χ1) is 10.5. The SMILES string of the molecule is NCCn1cc(C(=O)N[C@@H](CO)c2cc(Cl)cc(Cl)c2)nn1. The summed E-state index contributed by atoms with van der Waals surface area (Å²) in [4.78, 5) is 12.1. The summed E-state index contributed by atoms with van der Waals surface area (Å²) in [5.41, 5.74) is 6.14. The maximum absolute atomic E-state index is 12.1. The number of amides is 1. The van der Waals surface area contributed by atoms with Gasteiger partial charge in [-0.15, -0.1) is 5.10 Å². The fraction of sp³-hybridized carbons (Fsp3) is 0.308. The number of benzene rings is 1. The Labute approximate surface area is 137 Å². The second kappa shape index (κ2) is 7.55. The van der Waals surface area contributed by atoms with Crippen LogP contribution < -0.4 is 11.1 Å². The third-order valence-electron chi connectivity index (χ3n) is 2.90. The quantitative estimate of drug-likeness (QED) is 0.725. The Morgan fingerprint density at radius 1 is 1.36 bits per heavy atom. The first-order valence-electron chi connectivity index (χ1n) is 6.51. The number of hydrogen-bond donors (Lipinski definition) is 3. The van der Waals surface area contributed by atoms with Crippen LogP contribution in [0.5, 0.6) is 0 Å². The van der Waals surface area contributed by atoms with Gasteiger partial charge in [-0.3, -0.25) is 9.48 Å². The summed E-state index contributed by atoms with van der Waals surface area (Å²) < 4.78 is 1.47. The predicted molar refractivity (Wildman–Crippen MR) is 82.8 cm³/mol. The second-order valence-corrected chi connectivity index (χ2v) is 5.44. The maximum Gasteiger partial charge on any atom is 0.274 e. The van der Waals surface area contributed by atoms with Crippen molar-refractivity contribution in [3.8, 4) is 0 Å². The molecule has 9 heteroatoms. The van der Waals surface area contributed by atoms with E-state index in [1.807, 2.05) is 0 Å². The highest BCUT2D eigenvalue weighted by Gasteiger charge is 2.18. The summed E-state index contributed by atoms with van der Waals surface area (Å²) in [6.45, 7) is 0.553. The van der Waals surface area contributed by atoms with Crippen molar-refractivity contribution in [3.63, 3.8) is 0 Å². The van der Waals surface area contributed by atoms with E-state index in [0.29, 0.717) is 28.7 Å². The number of aromatic nitrogens is 3. The Balaban J connectivity index is 2.13. The van der Waals surface area contributed by atoms with E-state index < -0.39 is 11.9 Å². The molecule has 1 aromatic carbocycles. The normalized spacial score (nSPS) is 12.2. The van der Waals surface area contributed by atoms with E-state index in [2.05, 4.69) is 15.6 Å². The lowest BCUT2D eigenvalue weighted by molar-refractivity contribution is 0.0911. The highest BCUT2D eigenvalue weighted by atomic mass is 35.5. The Bertz CT molecular complexity index is 641. The Kier molecular flexibility index (Phi) is 5.73. The number of nitrogens with one attached hydrogen (secondary N) is 1. The van der Waals surface area contributed by atoms with Crippen molar-refractivity contribution in [1.29, 1.82) is 0 Å². The van der Waals surface area contributed by atoms with Crippen LogP contribution in [0.1, 0.15) is 22.1 Å². The van der Waals surface area contributed by atoms with Gasteiger partial charge in [0.15, 0.2) is 5.69 Å². The number of rotatable bonds is 6. The topological polar surface area (TPSA) is 106 Å². The van der Waals surface area contributed by atoms with Gasteiger partial charge >= 0.3 is 0 Å². The van der Waals surface area contributed by atoms with Crippen LogP contribution in [0.25, 0.3) is 0 Å². The molecule has 0 radical (unpaired) electrons. The molecule has 1 heterocycles. The van der Waals surface area contributed by atoms with Crippen molar-refractivity contribution >= 4 is 29.1 Å². The van der Waals surface area contributed by atoms with E-state index in [1.165, 1.54) is 10.9 Å². The van der Waals surface area contributed by atoms with Crippen molar-refractivity contribution in [2.24, 2.45) is 5.73 Å². The van der Waals surface area contributed by atoms with E-state index in [0.717, 1.165) is 0 Å². The molecule has 0 aliphatic rings. The smallest absolute Gasteiger partial charge is 0.274 e. The third-order valence-corrected chi connectivity index (χ3v) is 3.34. The van der Waals surface area contributed by atoms with Crippen LogP contribution in [0.2, 0.25) is 10.0 Å². The fourth-order valence-corrected chi connectivity index (χ4v) is 2.43. The standard InChI is InChI=1S/C13H15Cl2N5O2/c14-9-3-8(4-10(15)5-9)12(7-21)17-13(22)11-6-20(2-1-16)19-18-11/h3-6,12,21H,1-2,7,16H2,(H,17,22)/t12-/m0/s1. The summed E-state index contributed by atoms with van der Waals surface area (Å²) in [6.07, 6.45) is 1.49. The van der Waals surface area contributed by atoms with Crippen LogP contribution >= 0.6 is 23.2 Å². The molecule has 0 saturated carbocycles. The van der Waals surface area contributed by atoms with Gasteiger partial charge in [-0.25, -0.2) is 0 Å². The van der Waals surface area contributed by atoms with Crippen LogP contribution in [-0.2, 0) is 6.54 Å².